The lowest BCUT2D eigenvalue weighted by atomic mass is 10.0. The SMILES string of the molecule is c1ccc2c[n+](CCCCCCCCCCCCCCCCCCCCCCCCCCCCCCCCCCCCCCCC[n+]3ccc4ccccc4c3)ccc2c1. The van der Waals surface area contributed by atoms with Crippen LogP contribution in [0.4, 0.5) is 0 Å². The largest absolute Gasteiger partial charge is 0.205 e. The lowest BCUT2D eigenvalue weighted by Crippen LogP contribution is -2.32. The highest BCUT2D eigenvalue weighted by Crippen LogP contribution is 2.18. The van der Waals surface area contributed by atoms with Crippen LogP contribution in [0.1, 0.15) is 244 Å². The Bertz CT molecular complexity index is 1440. The molecule has 0 saturated heterocycles. The topological polar surface area (TPSA) is 7.76 Å². The average molecular weight is 819 g/mol. The van der Waals surface area contributed by atoms with Crippen molar-refractivity contribution in [2.75, 3.05) is 0 Å². The Morgan fingerprint density at radius 2 is 0.383 bits per heavy atom. The van der Waals surface area contributed by atoms with E-state index in [9.17, 15) is 0 Å². The molecule has 0 aliphatic heterocycles. The summed E-state index contributed by atoms with van der Waals surface area (Å²) in [4.78, 5) is 0. The van der Waals surface area contributed by atoms with E-state index in [4.69, 9.17) is 0 Å². The molecule has 0 aliphatic rings. The normalized spacial score (nSPS) is 11.7. The molecule has 2 heterocycles. The van der Waals surface area contributed by atoms with E-state index in [1.807, 2.05) is 0 Å². The molecular weight excluding hydrogens is 725 g/mol. The van der Waals surface area contributed by atoms with Gasteiger partial charge in [0.05, 0.1) is 0 Å². The van der Waals surface area contributed by atoms with Crippen molar-refractivity contribution in [3.05, 3.63) is 85.5 Å². The van der Waals surface area contributed by atoms with Gasteiger partial charge in [0.25, 0.3) is 0 Å². The van der Waals surface area contributed by atoms with Crippen LogP contribution in [0.5, 0.6) is 0 Å². The van der Waals surface area contributed by atoms with E-state index in [0.29, 0.717) is 0 Å². The van der Waals surface area contributed by atoms with Gasteiger partial charge in [-0.1, -0.05) is 255 Å². The van der Waals surface area contributed by atoms with E-state index in [-0.39, 0.29) is 0 Å². The third kappa shape index (κ3) is 25.3. The number of nitrogens with zero attached hydrogens (tertiary/aromatic N) is 2. The third-order valence-electron chi connectivity index (χ3n) is 13.6. The van der Waals surface area contributed by atoms with Crippen molar-refractivity contribution in [1.29, 1.82) is 0 Å². The standard InChI is InChI=1S/C58H94N2/c1(3-5-7-9-11-13-15-17-19-21-23-25-27-29-31-33-35-41-49-59-51-47-55-43-37-39-45-57(55)53-59)2-4-6-8-10-12-14-16-18-20-22-24-26-28-30-32-34-36-42-50-60-52-48-56-44-38-40-46-58(56)54-60/h37-40,43-48,51-54H,1-36,41-42,49-50H2/q+2. The summed E-state index contributed by atoms with van der Waals surface area (Å²) in [5.41, 5.74) is 0. The van der Waals surface area contributed by atoms with E-state index >= 15 is 0 Å². The van der Waals surface area contributed by atoms with Crippen LogP contribution in [-0.4, -0.2) is 0 Å². The number of aromatic nitrogens is 2. The highest BCUT2D eigenvalue weighted by Gasteiger charge is 2.05. The van der Waals surface area contributed by atoms with Gasteiger partial charge in [-0.3, -0.25) is 0 Å². The quantitative estimate of drug-likeness (QED) is 0.0311. The first-order chi connectivity index (χ1) is 29.9. The molecule has 0 unspecified atom stereocenters. The van der Waals surface area contributed by atoms with E-state index in [2.05, 4.69) is 94.6 Å². The zero-order valence-corrected chi connectivity index (χ0v) is 39.3. The van der Waals surface area contributed by atoms with Gasteiger partial charge in [-0.05, 0) is 35.7 Å². The van der Waals surface area contributed by atoms with Gasteiger partial charge in [0.1, 0.15) is 13.1 Å². The molecule has 0 fully saturated rings. The molecule has 4 rings (SSSR count). The Balaban J connectivity index is 0.740. The second kappa shape index (κ2) is 35.8. The van der Waals surface area contributed by atoms with Gasteiger partial charge < -0.3 is 0 Å². The van der Waals surface area contributed by atoms with Crippen LogP contribution < -0.4 is 9.13 Å². The van der Waals surface area contributed by atoms with Crippen molar-refractivity contribution >= 4 is 21.5 Å². The lowest BCUT2D eigenvalue weighted by Gasteiger charge is -2.05. The first-order valence-corrected chi connectivity index (χ1v) is 26.6. The first kappa shape index (κ1) is 49.9. The van der Waals surface area contributed by atoms with Gasteiger partial charge in [-0.25, -0.2) is 9.13 Å². The fourth-order valence-electron chi connectivity index (χ4n) is 9.59. The molecule has 0 radical (unpaired) electrons. The molecule has 334 valence electrons. The molecule has 0 N–H and O–H groups in total. The van der Waals surface area contributed by atoms with Gasteiger partial charge in [0.15, 0.2) is 24.8 Å². The number of benzene rings is 2. The van der Waals surface area contributed by atoms with Gasteiger partial charge in [0.2, 0.25) is 0 Å². The number of hydrogen-bond acceptors (Lipinski definition) is 0. The molecular formula is C58H94N2+2. The van der Waals surface area contributed by atoms with Gasteiger partial charge in [0, 0.05) is 35.7 Å². The van der Waals surface area contributed by atoms with Crippen molar-refractivity contribution < 1.29 is 9.13 Å². The molecule has 2 aromatic carbocycles. The van der Waals surface area contributed by atoms with E-state index in [1.165, 1.54) is 266 Å². The van der Waals surface area contributed by atoms with Crippen molar-refractivity contribution in [3.8, 4) is 0 Å². The summed E-state index contributed by atoms with van der Waals surface area (Å²) < 4.78 is 4.74. The van der Waals surface area contributed by atoms with Crippen LogP contribution in [0.25, 0.3) is 21.5 Å². The Hall–Kier alpha value is -2.74. The van der Waals surface area contributed by atoms with Crippen LogP contribution in [0.15, 0.2) is 85.5 Å². The molecule has 0 bridgehead atoms. The molecule has 4 aromatic rings. The van der Waals surface area contributed by atoms with Crippen LogP contribution >= 0.6 is 0 Å². The molecule has 2 aromatic heterocycles. The second-order valence-corrected chi connectivity index (χ2v) is 19.1. The average Bonchev–Trinajstić information content (AvgIpc) is 3.28. The summed E-state index contributed by atoms with van der Waals surface area (Å²) in [7, 11) is 0. The molecule has 0 amide bonds. The van der Waals surface area contributed by atoms with E-state index in [0.717, 1.165) is 13.1 Å². The Morgan fingerprint density at radius 1 is 0.200 bits per heavy atom. The number of unbranched alkanes of at least 4 members (excludes halogenated alkanes) is 37. The lowest BCUT2D eigenvalue weighted by molar-refractivity contribution is -0.696. The van der Waals surface area contributed by atoms with Crippen LogP contribution in [0.2, 0.25) is 0 Å². The number of fused-ring (bicyclic) bond motifs is 2. The summed E-state index contributed by atoms with van der Waals surface area (Å²) in [6, 6.07) is 21.9. The maximum absolute atomic E-state index is 2.37. The second-order valence-electron chi connectivity index (χ2n) is 19.1. The monoisotopic (exact) mass is 819 g/mol. The molecule has 60 heavy (non-hydrogen) atoms. The number of aryl methyl sites for hydroxylation is 2. The van der Waals surface area contributed by atoms with Crippen LogP contribution in [0, 0.1) is 0 Å². The molecule has 2 heteroatoms. The number of rotatable bonds is 41. The molecule has 0 spiro atoms. The summed E-state index contributed by atoms with van der Waals surface area (Å²) in [5.74, 6) is 0. The minimum Gasteiger partial charge on any atom is -0.205 e. The van der Waals surface area contributed by atoms with Crippen molar-refractivity contribution in [2.24, 2.45) is 0 Å². The fraction of sp³-hybridized carbons (Fsp3) is 0.690. The smallest absolute Gasteiger partial charge is 0.176 e. The Labute approximate surface area is 371 Å². The molecule has 2 nitrogen and oxygen atoms in total. The van der Waals surface area contributed by atoms with Crippen molar-refractivity contribution in [1.82, 2.24) is 0 Å². The Morgan fingerprint density at radius 3 is 0.600 bits per heavy atom. The fourth-order valence-corrected chi connectivity index (χ4v) is 9.59. The summed E-state index contributed by atoms with van der Waals surface area (Å²) in [5, 5.41) is 5.39. The van der Waals surface area contributed by atoms with Crippen molar-refractivity contribution in [3.63, 3.8) is 0 Å². The minimum atomic E-state index is 1.16. The predicted molar refractivity (Wildman–Crippen MR) is 264 cm³/mol. The number of hydrogen-bond donors (Lipinski definition) is 0. The highest BCUT2D eigenvalue weighted by atomic mass is 14.9. The highest BCUT2D eigenvalue weighted by molar-refractivity contribution is 5.80. The van der Waals surface area contributed by atoms with Crippen molar-refractivity contribution in [2.45, 2.75) is 257 Å². The van der Waals surface area contributed by atoms with E-state index in [1.54, 1.807) is 0 Å². The summed E-state index contributed by atoms with van der Waals surface area (Å²) in [6.07, 6.45) is 64.4. The molecule has 0 saturated carbocycles. The molecule has 0 atom stereocenters. The predicted octanol–water partition coefficient (Wildman–Crippen LogP) is 18.1. The number of pyridine rings is 2. The Kier molecular flexibility index (Phi) is 29.8. The summed E-state index contributed by atoms with van der Waals surface area (Å²) in [6.45, 7) is 2.31. The van der Waals surface area contributed by atoms with Crippen LogP contribution in [0.3, 0.4) is 0 Å². The zero-order chi connectivity index (χ0) is 41.6. The maximum Gasteiger partial charge on any atom is 0.176 e. The zero-order valence-electron chi connectivity index (χ0n) is 39.3. The van der Waals surface area contributed by atoms with Crippen LogP contribution in [-0.2, 0) is 13.1 Å². The van der Waals surface area contributed by atoms with Gasteiger partial charge in [-0.15, -0.1) is 0 Å². The third-order valence-corrected chi connectivity index (χ3v) is 13.6. The maximum atomic E-state index is 2.37. The van der Waals surface area contributed by atoms with Gasteiger partial charge in [-0.2, -0.15) is 0 Å². The summed E-state index contributed by atoms with van der Waals surface area (Å²) >= 11 is 0. The van der Waals surface area contributed by atoms with Gasteiger partial charge >= 0.3 is 0 Å². The first-order valence-electron chi connectivity index (χ1n) is 26.6. The molecule has 0 aliphatic carbocycles. The minimum absolute atomic E-state index is 1.16. The van der Waals surface area contributed by atoms with E-state index < -0.39 is 0 Å².